The van der Waals surface area contributed by atoms with Gasteiger partial charge in [-0.1, -0.05) is 5.16 Å². The van der Waals surface area contributed by atoms with Gasteiger partial charge in [0, 0.05) is 37.8 Å². The van der Waals surface area contributed by atoms with E-state index in [4.69, 9.17) is 4.52 Å². The summed E-state index contributed by atoms with van der Waals surface area (Å²) in [6.45, 7) is 6.59. The van der Waals surface area contributed by atoms with Crippen molar-refractivity contribution in [1.82, 2.24) is 20.0 Å². The maximum absolute atomic E-state index is 5.14. The molecule has 0 saturated carbocycles. The summed E-state index contributed by atoms with van der Waals surface area (Å²) >= 11 is 1.69. The minimum absolute atomic E-state index is 0.700. The molecule has 0 amide bonds. The number of rotatable bonds is 3. The second-order valence-electron chi connectivity index (χ2n) is 4.31. The van der Waals surface area contributed by atoms with Crippen LogP contribution in [0.4, 0.5) is 5.13 Å². The summed E-state index contributed by atoms with van der Waals surface area (Å²) in [5.74, 6) is 1.40. The molecule has 7 heteroatoms. The van der Waals surface area contributed by atoms with Crippen LogP contribution in [-0.2, 0) is 6.54 Å². The number of thiazole rings is 1. The Kier molecular flexibility index (Phi) is 3.24. The van der Waals surface area contributed by atoms with Gasteiger partial charge in [-0.2, -0.15) is 4.98 Å². The lowest BCUT2D eigenvalue weighted by molar-refractivity contribution is 0.215. The van der Waals surface area contributed by atoms with Gasteiger partial charge < -0.3 is 9.42 Å². The highest BCUT2D eigenvalue weighted by atomic mass is 32.1. The van der Waals surface area contributed by atoms with Crippen LogP contribution in [0.15, 0.2) is 16.1 Å². The zero-order valence-electron chi connectivity index (χ0n) is 10.2. The van der Waals surface area contributed by atoms with Gasteiger partial charge in [-0.05, 0) is 6.92 Å². The molecule has 0 atom stereocenters. The highest BCUT2D eigenvalue weighted by Gasteiger charge is 2.20. The molecule has 18 heavy (non-hydrogen) atoms. The number of aromatic nitrogens is 3. The molecule has 0 spiro atoms. The second-order valence-corrected chi connectivity index (χ2v) is 5.19. The molecular formula is C11H15N5OS. The monoisotopic (exact) mass is 265 g/mol. The van der Waals surface area contributed by atoms with E-state index in [1.807, 2.05) is 18.5 Å². The highest BCUT2D eigenvalue weighted by Crippen LogP contribution is 2.19. The molecule has 0 N–H and O–H groups in total. The summed E-state index contributed by atoms with van der Waals surface area (Å²) in [5, 5.41) is 6.94. The molecule has 0 aliphatic carbocycles. The molecular weight excluding hydrogens is 250 g/mol. The third-order valence-electron chi connectivity index (χ3n) is 2.99. The number of piperazine rings is 1. The number of anilines is 1. The van der Waals surface area contributed by atoms with Gasteiger partial charge in [-0.3, -0.25) is 4.90 Å². The quantitative estimate of drug-likeness (QED) is 0.830. The van der Waals surface area contributed by atoms with Crippen LogP contribution in [0.1, 0.15) is 11.7 Å². The summed E-state index contributed by atoms with van der Waals surface area (Å²) < 4.78 is 5.14. The summed E-state index contributed by atoms with van der Waals surface area (Å²) in [4.78, 5) is 13.2. The molecule has 1 saturated heterocycles. The van der Waals surface area contributed by atoms with Crippen LogP contribution in [0.25, 0.3) is 0 Å². The van der Waals surface area contributed by atoms with Crippen molar-refractivity contribution >= 4 is 16.5 Å². The molecule has 0 bridgehead atoms. The van der Waals surface area contributed by atoms with E-state index in [2.05, 4.69) is 24.9 Å². The molecule has 1 aliphatic heterocycles. The molecule has 0 aromatic carbocycles. The largest absolute Gasteiger partial charge is 0.346 e. The van der Waals surface area contributed by atoms with Crippen LogP contribution in [0.2, 0.25) is 0 Å². The predicted octanol–water partition coefficient (Wildman–Crippen LogP) is 1.16. The van der Waals surface area contributed by atoms with Gasteiger partial charge in [0.05, 0.1) is 6.54 Å². The van der Waals surface area contributed by atoms with Crippen molar-refractivity contribution in [3.8, 4) is 0 Å². The predicted molar refractivity (Wildman–Crippen MR) is 68.6 cm³/mol. The maximum Gasteiger partial charge on any atom is 0.240 e. The van der Waals surface area contributed by atoms with Crippen molar-refractivity contribution < 1.29 is 4.52 Å². The fourth-order valence-electron chi connectivity index (χ4n) is 2.06. The summed E-state index contributed by atoms with van der Waals surface area (Å²) in [6.07, 6.45) is 1.85. The van der Waals surface area contributed by atoms with Crippen LogP contribution in [0.5, 0.6) is 0 Å². The van der Waals surface area contributed by atoms with Gasteiger partial charge >= 0.3 is 0 Å². The van der Waals surface area contributed by atoms with Crippen molar-refractivity contribution in [2.45, 2.75) is 13.5 Å². The normalized spacial score (nSPS) is 17.3. The van der Waals surface area contributed by atoms with Crippen LogP contribution >= 0.6 is 11.3 Å². The van der Waals surface area contributed by atoms with Crippen LogP contribution in [-0.4, -0.2) is 46.2 Å². The Morgan fingerprint density at radius 2 is 2.17 bits per heavy atom. The van der Waals surface area contributed by atoms with E-state index in [9.17, 15) is 0 Å². The third-order valence-corrected chi connectivity index (χ3v) is 3.82. The minimum Gasteiger partial charge on any atom is -0.346 e. The topological polar surface area (TPSA) is 58.3 Å². The Bertz CT molecular complexity index is 489. The Hall–Kier alpha value is -1.47. The summed E-state index contributed by atoms with van der Waals surface area (Å²) in [7, 11) is 0. The van der Waals surface area contributed by atoms with Gasteiger partial charge in [0.1, 0.15) is 0 Å². The Balaban J connectivity index is 1.54. The summed E-state index contributed by atoms with van der Waals surface area (Å²) in [5.41, 5.74) is 0. The zero-order chi connectivity index (χ0) is 12.4. The molecule has 3 rings (SSSR count). The number of nitrogens with zero attached hydrogens (tertiary/aromatic N) is 5. The zero-order valence-corrected chi connectivity index (χ0v) is 11.1. The van der Waals surface area contributed by atoms with Gasteiger partial charge in [-0.15, -0.1) is 11.3 Å². The average Bonchev–Trinajstić information content (AvgIpc) is 3.02. The van der Waals surface area contributed by atoms with E-state index in [0.717, 1.165) is 37.9 Å². The fourth-order valence-corrected chi connectivity index (χ4v) is 2.76. The SMILES string of the molecule is Cc1noc(CN2CCN(c3nccs3)CC2)n1. The first kappa shape index (κ1) is 11.6. The lowest BCUT2D eigenvalue weighted by Gasteiger charge is -2.33. The molecule has 96 valence electrons. The van der Waals surface area contributed by atoms with E-state index in [0.29, 0.717) is 11.7 Å². The minimum atomic E-state index is 0.700. The second kappa shape index (κ2) is 5.03. The standard InChI is InChI=1S/C11H15N5OS/c1-9-13-10(17-14-9)8-15-3-5-16(6-4-15)11-12-2-7-18-11/h2,7H,3-6,8H2,1H3. The van der Waals surface area contributed by atoms with Crippen LogP contribution in [0.3, 0.4) is 0 Å². The molecule has 0 radical (unpaired) electrons. The molecule has 6 nitrogen and oxygen atoms in total. The van der Waals surface area contributed by atoms with Crippen molar-refractivity contribution in [3.63, 3.8) is 0 Å². The molecule has 1 fully saturated rings. The van der Waals surface area contributed by atoms with Crippen molar-refractivity contribution in [2.24, 2.45) is 0 Å². The first-order chi connectivity index (χ1) is 8.81. The van der Waals surface area contributed by atoms with Crippen LogP contribution in [0, 0.1) is 6.92 Å². The molecule has 3 heterocycles. The van der Waals surface area contributed by atoms with E-state index in [-0.39, 0.29) is 0 Å². The average molecular weight is 265 g/mol. The van der Waals surface area contributed by atoms with Crippen molar-refractivity contribution in [3.05, 3.63) is 23.3 Å². The Morgan fingerprint density at radius 1 is 1.33 bits per heavy atom. The van der Waals surface area contributed by atoms with E-state index >= 15 is 0 Å². The van der Waals surface area contributed by atoms with Gasteiger partial charge in [0.2, 0.25) is 5.89 Å². The number of hydrogen-bond acceptors (Lipinski definition) is 7. The van der Waals surface area contributed by atoms with Gasteiger partial charge in [0.15, 0.2) is 11.0 Å². The molecule has 1 aliphatic rings. The van der Waals surface area contributed by atoms with E-state index < -0.39 is 0 Å². The van der Waals surface area contributed by atoms with Crippen molar-refractivity contribution in [2.75, 3.05) is 31.1 Å². The maximum atomic E-state index is 5.14. The highest BCUT2D eigenvalue weighted by molar-refractivity contribution is 7.13. The van der Waals surface area contributed by atoms with E-state index in [1.165, 1.54) is 0 Å². The first-order valence-electron chi connectivity index (χ1n) is 5.97. The molecule has 0 unspecified atom stereocenters. The van der Waals surface area contributed by atoms with E-state index in [1.54, 1.807) is 11.3 Å². The molecule has 2 aromatic rings. The fraction of sp³-hybridized carbons (Fsp3) is 0.545. The lowest BCUT2D eigenvalue weighted by Crippen LogP contribution is -2.46. The number of hydrogen-bond donors (Lipinski definition) is 0. The smallest absolute Gasteiger partial charge is 0.240 e. The number of aryl methyl sites for hydroxylation is 1. The van der Waals surface area contributed by atoms with Crippen molar-refractivity contribution in [1.29, 1.82) is 0 Å². The Labute approximate surface area is 109 Å². The van der Waals surface area contributed by atoms with Gasteiger partial charge in [-0.25, -0.2) is 4.98 Å². The van der Waals surface area contributed by atoms with Crippen LogP contribution < -0.4 is 4.90 Å². The lowest BCUT2D eigenvalue weighted by atomic mass is 10.3. The third kappa shape index (κ3) is 2.51. The van der Waals surface area contributed by atoms with Gasteiger partial charge in [0.25, 0.3) is 0 Å². The first-order valence-corrected chi connectivity index (χ1v) is 6.85. The molecule has 2 aromatic heterocycles. The Morgan fingerprint density at radius 3 is 2.78 bits per heavy atom. The summed E-state index contributed by atoms with van der Waals surface area (Å²) in [6, 6.07) is 0.